The zero-order valence-electron chi connectivity index (χ0n) is 11.9. The Kier molecular flexibility index (Phi) is 4.51. The Morgan fingerprint density at radius 1 is 1.26 bits per heavy atom. The standard InChI is InChI=1S/C13H14F3N3O3S/c1-19-7-11(17-9-19)23(21,22)18-8-12(20,13(14,15)16)10-5-3-2-4-6-10/h2-7,9,18,20H,8H2,1H3. The Labute approximate surface area is 130 Å². The molecule has 10 heteroatoms. The molecule has 1 unspecified atom stereocenters. The summed E-state index contributed by atoms with van der Waals surface area (Å²) in [5, 5.41) is 9.62. The van der Waals surface area contributed by atoms with Gasteiger partial charge in [-0.1, -0.05) is 30.3 Å². The van der Waals surface area contributed by atoms with Crippen molar-refractivity contribution in [2.75, 3.05) is 6.54 Å². The Morgan fingerprint density at radius 2 is 1.87 bits per heavy atom. The number of nitrogens with one attached hydrogen (secondary N) is 1. The second-order valence-electron chi connectivity index (χ2n) is 4.93. The van der Waals surface area contributed by atoms with Gasteiger partial charge in [0.2, 0.25) is 0 Å². The van der Waals surface area contributed by atoms with Crippen molar-refractivity contribution in [2.45, 2.75) is 16.8 Å². The second-order valence-corrected chi connectivity index (χ2v) is 6.64. The van der Waals surface area contributed by atoms with Gasteiger partial charge >= 0.3 is 6.18 Å². The molecule has 23 heavy (non-hydrogen) atoms. The molecule has 0 saturated heterocycles. The van der Waals surface area contributed by atoms with Crippen LogP contribution < -0.4 is 4.72 Å². The minimum Gasteiger partial charge on any atom is -0.375 e. The molecule has 0 amide bonds. The fraction of sp³-hybridized carbons (Fsp3) is 0.308. The van der Waals surface area contributed by atoms with E-state index < -0.39 is 38.9 Å². The van der Waals surface area contributed by atoms with Crippen LogP contribution >= 0.6 is 0 Å². The van der Waals surface area contributed by atoms with Crippen molar-refractivity contribution >= 4 is 10.0 Å². The third-order valence-electron chi connectivity index (χ3n) is 3.19. The van der Waals surface area contributed by atoms with E-state index in [1.165, 1.54) is 36.1 Å². The summed E-state index contributed by atoms with van der Waals surface area (Å²) in [6.45, 7) is -1.26. The molecule has 0 aliphatic carbocycles. The number of aliphatic hydroxyl groups is 1. The van der Waals surface area contributed by atoms with E-state index in [2.05, 4.69) is 4.98 Å². The fourth-order valence-electron chi connectivity index (χ4n) is 1.88. The molecular weight excluding hydrogens is 335 g/mol. The van der Waals surface area contributed by atoms with Gasteiger partial charge in [0.05, 0.1) is 12.9 Å². The van der Waals surface area contributed by atoms with Crippen LogP contribution in [0, 0.1) is 0 Å². The monoisotopic (exact) mass is 349 g/mol. The van der Waals surface area contributed by atoms with E-state index in [-0.39, 0.29) is 0 Å². The number of nitrogens with zero attached hydrogens (tertiary/aromatic N) is 2. The molecule has 0 aliphatic heterocycles. The third kappa shape index (κ3) is 3.54. The number of aryl methyl sites for hydroxylation is 1. The summed E-state index contributed by atoms with van der Waals surface area (Å²) in [5.74, 6) is 0. The van der Waals surface area contributed by atoms with Gasteiger partial charge in [-0.15, -0.1) is 0 Å². The van der Waals surface area contributed by atoms with Gasteiger partial charge in [0.1, 0.15) is 0 Å². The topological polar surface area (TPSA) is 84.2 Å². The second kappa shape index (κ2) is 5.95. The van der Waals surface area contributed by atoms with E-state index in [9.17, 15) is 26.7 Å². The van der Waals surface area contributed by atoms with Crippen LogP contribution in [-0.4, -0.2) is 35.8 Å². The van der Waals surface area contributed by atoms with Crippen LogP contribution in [0.3, 0.4) is 0 Å². The first-order chi connectivity index (χ1) is 10.6. The first-order valence-corrected chi connectivity index (χ1v) is 7.87. The van der Waals surface area contributed by atoms with Gasteiger partial charge in [-0.2, -0.15) is 13.2 Å². The molecule has 1 aromatic carbocycles. The van der Waals surface area contributed by atoms with Crippen molar-refractivity contribution < 1.29 is 26.7 Å². The lowest BCUT2D eigenvalue weighted by Gasteiger charge is -2.30. The Morgan fingerprint density at radius 3 is 2.35 bits per heavy atom. The minimum atomic E-state index is -5.07. The maximum Gasteiger partial charge on any atom is 0.422 e. The Hall–Kier alpha value is -1.91. The summed E-state index contributed by atoms with van der Waals surface area (Å²) in [6.07, 6.45) is -2.74. The van der Waals surface area contributed by atoms with Crippen LogP contribution in [0.5, 0.6) is 0 Å². The van der Waals surface area contributed by atoms with Crippen LogP contribution in [0.4, 0.5) is 13.2 Å². The molecule has 1 atom stereocenters. The van der Waals surface area contributed by atoms with Crippen molar-refractivity contribution in [3.8, 4) is 0 Å². The number of hydrogen-bond acceptors (Lipinski definition) is 4. The van der Waals surface area contributed by atoms with Crippen LogP contribution in [-0.2, 0) is 22.7 Å². The number of sulfonamides is 1. The van der Waals surface area contributed by atoms with Gasteiger partial charge in [0.15, 0.2) is 10.6 Å². The normalized spacial score (nSPS) is 15.3. The van der Waals surface area contributed by atoms with Crippen molar-refractivity contribution in [2.24, 2.45) is 7.05 Å². The summed E-state index contributed by atoms with van der Waals surface area (Å²) in [6, 6.07) is 6.27. The molecule has 0 radical (unpaired) electrons. The Balaban J connectivity index is 2.30. The predicted octanol–water partition coefficient (Wildman–Crippen LogP) is 1.15. The maximum absolute atomic E-state index is 13.3. The maximum atomic E-state index is 13.3. The highest BCUT2D eigenvalue weighted by atomic mass is 32.2. The largest absolute Gasteiger partial charge is 0.422 e. The number of halogens is 3. The summed E-state index contributed by atoms with van der Waals surface area (Å²) in [7, 11) is -2.77. The molecule has 1 heterocycles. The molecule has 1 aromatic heterocycles. The number of alkyl halides is 3. The highest BCUT2D eigenvalue weighted by Gasteiger charge is 2.55. The van der Waals surface area contributed by atoms with Gasteiger partial charge in [-0.05, 0) is 5.56 Å². The van der Waals surface area contributed by atoms with Crippen molar-refractivity contribution in [3.05, 3.63) is 48.4 Å². The lowest BCUT2D eigenvalue weighted by molar-refractivity contribution is -0.263. The molecule has 2 rings (SSSR count). The lowest BCUT2D eigenvalue weighted by atomic mass is 9.93. The van der Waals surface area contributed by atoms with Crippen LogP contribution in [0.1, 0.15) is 5.56 Å². The number of rotatable bonds is 5. The van der Waals surface area contributed by atoms with Crippen molar-refractivity contribution in [1.29, 1.82) is 0 Å². The summed E-state index contributed by atoms with van der Waals surface area (Å²) >= 11 is 0. The van der Waals surface area contributed by atoms with Gasteiger partial charge in [0, 0.05) is 13.2 Å². The quantitative estimate of drug-likeness (QED) is 0.848. The van der Waals surface area contributed by atoms with Crippen molar-refractivity contribution in [1.82, 2.24) is 14.3 Å². The van der Waals surface area contributed by atoms with E-state index in [0.29, 0.717) is 0 Å². The van der Waals surface area contributed by atoms with E-state index in [1.807, 2.05) is 0 Å². The fourth-order valence-corrected chi connectivity index (χ4v) is 2.92. The number of aromatic nitrogens is 2. The van der Waals surface area contributed by atoms with Gasteiger partial charge in [-0.3, -0.25) is 0 Å². The number of hydrogen-bond donors (Lipinski definition) is 2. The highest BCUT2D eigenvalue weighted by molar-refractivity contribution is 7.89. The van der Waals surface area contributed by atoms with Crippen LogP contribution in [0.2, 0.25) is 0 Å². The van der Waals surface area contributed by atoms with E-state index in [4.69, 9.17) is 0 Å². The molecule has 6 nitrogen and oxygen atoms in total. The summed E-state index contributed by atoms with van der Waals surface area (Å²) in [4.78, 5) is 3.57. The van der Waals surface area contributed by atoms with E-state index in [1.54, 1.807) is 4.72 Å². The molecule has 0 aliphatic rings. The lowest BCUT2D eigenvalue weighted by Crippen LogP contribution is -2.51. The van der Waals surface area contributed by atoms with Crippen molar-refractivity contribution in [3.63, 3.8) is 0 Å². The number of benzene rings is 1. The van der Waals surface area contributed by atoms with Crippen LogP contribution in [0.25, 0.3) is 0 Å². The molecule has 2 N–H and O–H groups in total. The summed E-state index contributed by atoms with van der Waals surface area (Å²) in [5.41, 5.74) is -3.81. The molecule has 2 aromatic rings. The SMILES string of the molecule is Cn1cnc(S(=O)(=O)NCC(O)(c2ccccc2)C(F)(F)F)c1. The molecule has 0 fully saturated rings. The first kappa shape index (κ1) is 17.4. The molecular formula is C13H14F3N3O3S. The van der Waals surface area contributed by atoms with E-state index in [0.717, 1.165) is 18.3 Å². The van der Waals surface area contributed by atoms with Gasteiger partial charge in [-0.25, -0.2) is 18.1 Å². The molecule has 126 valence electrons. The Bertz CT molecular complexity index is 775. The number of imidazole rings is 1. The first-order valence-electron chi connectivity index (χ1n) is 6.38. The molecule has 0 bridgehead atoms. The van der Waals surface area contributed by atoms with Gasteiger partial charge in [0.25, 0.3) is 10.0 Å². The summed E-state index contributed by atoms with van der Waals surface area (Å²) < 4.78 is 66.9. The van der Waals surface area contributed by atoms with E-state index >= 15 is 0 Å². The average molecular weight is 349 g/mol. The molecule has 0 saturated carbocycles. The zero-order chi connectivity index (χ0) is 17.3. The highest BCUT2D eigenvalue weighted by Crippen LogP contribution is 2.38. The van der Waals surface area contributed by atoms with Crippen LogP contribution in [0.15, 0.2) is 47.9 Å². The molecule has 0 spiro atoms. The van der Waals surface area contributed by atoms with Gasteiger partial charge < -0.3 is 9.67 Å². The minimum absolute atomic E-state index is 0.433. The zero-order valence-corrected chi connectivity index (χ0v) is 12.8. The average Bonchev–Trinajstić information content (AvgIpc) is 2.92. The third-order valence-corrected chi connectivity index (χ3v) is 4.48. The smallest absolute Gasteiger partial charge is 0.375 e. The predicted molar refractivity (Wildman–Crippen MR) is 74.8 cm³/mol.